The van der Waals surface area contributed by atoms with Gasteiger partial charge in [-0.2, -0.15) is 0 Å². The van der Waals surface area contributed by atoms with Crippen molar-refractivity contribution in [1.29, 1.82) is 0 Å². The maximum atomic E-state index is 12.6. The van der Waals surface area contributed by atoms with Crippen molar-refractivity contribution in [2.75, 3.05) is 23.3 Å². The number of nitrogens with zero attached hydrogens (tertiary/aromatic N) is 2. The quantitative estimate of drug-likeness (QED) is 0.591. The Balaban J connectivity index is 1.83. The van der Waals surface area contributed by atoms with Gasteiger partial charge in [0.15, 0.2) is 0 Å². The highest BCUT2D eigenvalue weighted by molar-refractivity contribution is 6.05. The van der Waals surface area contributed by atoms with Gasteiger partial charge < -0.3 is 10.2 Å². The van der Waals surface area contributed by atoms with E-state index in [9.17, 15) is 14.9 Å². The number of benzene rings is 2. The SMILES string of the molecule is CCc1ccc(NC(=O)c2ccc(N3C[C@H](C)C[C@@H](C)C3)c([N+](=O)[O-])c2)cc1. The second-order valence-corrected chi connectivity index (χ2v) is 7.82. The van der Waals surface area contributed by atoms with Crippen molar-refractivity contribution in [1.82, 2.24) is 0 Å². The Morgan fingerprint density at radius 1 is 1.14 bits per heavy atom. The lowest BCUT2D eigenvalue weighted by Gasteiger charge is -2.36. The molecule has 1 heterocycles. The summed E-state index contributed by atoms with van der Waals surface area (Å²) in [5, 5.41) is 14.5. The van der Waals surface area contributed by atoms with Crippen molar-refractivity contribution in [2.24, 2.45) is 11.8 Å². The molecule has 2 atom stereocenters. The third kappa shape index (κ3) is 4.50. The van der Waals surface area contributed by atoms with Crippen molar-refractivity contribution < 1.29 is 9.72 Å². The van der Waals surface area contributed by atoms with Gasteiger partial charge in [0, 0.05) is 30.4 Å². The molecule has 0 bridgehead atoms. The molecule has 1 fully saturated rings. The van der Waals surface area contributed by atoms with Crippen molar-refractivity contribution in [3.63, 3.8) is 0 Å². The molecule has 6 nitrogen and oxygen atoms in total. The van der Waals surface area contributed by atoms with Gasteiger partial charge in [0.2, 0.25) is 0 Å². The summed E-state index contributed by atoms with van der Waals surface area (Å²) in [5.41, 5.74) is 2.71. The Bertz CT molecular complexity index is 854. The summed E-state index contributed by atoms with van der Waals surface area (Å²) in [7, 11) is 0. The molecule has 1 saturated heterocycles. The first kappa shape index (κ1) is 19.9. The van der Waals surface area contributed by atoms with Gasteiger partial charge in [0.25, 0.3) is 11.6 Å². The van der Waals surface area contributed by atoms with Crippen molar-refractivity contribution in [2.45, 2.75) is 33.6 Å². The predicted octanol–water partition coefficient (Wildman–Crippen LogP) is 4.89. The van der Waals surface area contributed by atoms with E-state index in [1.165, 1.54) is 11.6 Å². The number of rotatable bonds is 5. The van der Waals surface area contributed by atoms with Crippen LogP contribution in [0.25, 0.3) is 0 Å². The number of aryl methyl sites for hydroxylation is 1. The van der Waals surface area contributed by atoms with Crippen LogP contribution in [0, 0.1) is 22.0 Å². The number of carbonyl (C=O) groups is 1. The lowest BCUT2D eigenvalue weighted by atomic mass is 9.91. The van der Waals surface area contributed by atoms with E-state index in [0.29, 0.717) is 23.2 Å². The summed E-state index contributed by atoms with van der Waals surface area (Å²) in [6, 6.07) is 12.4. The van der Waals surface area contributed by atoms with Crippen molar-refractivity contribution in [3.05, 3.63) is 63.7 Å². The molecule has 1 N–H and O–H groups in total. The molecule has 2 aromatic carbocycles. The van der Waals surface area contributed by atoms with Crippen LogP contribution >= 0.6 is 0 Å². The summed E-state index contributed by atoms with van der Waals surface area (Å²) < 4.78 is 0. The van der Waals surface area contributed by atoms with Crippen LogP contribution in [0.2, 0.25) is 0 Å². The number of nitro groups is 1. The van der Waals surface area contributed by atoms with E-state index < -0.39 is 4.92 Å². The first-order valence-corrected chi connectivity index (χ1v) is 9.81. The van der Waals surface area contributed by atoms with Crippen LogP contribution in [0.3, 0.4) is 0 Å². The fourth-order valence-electron chi connectivity index (χ4n) is 3.96. The minimum atomic E-state index is -0.397. The number of nitrogens with one attached hydrogen (secondary N) is 1. The van der Waals surface area contributed by atoms with E-state index in [1.54, 1.807) is 12.1 Å². The topological polar surface area (TPSA) is 75.5 Å². The van der Waals surface area contributed by atoms with Crippen LogP contribution in [-0.4, -0.2) is 23.9 Å². The highest BCUT2D eigenvalue weighted by Gasteiger charge is 2.27. The summed E-state index contributed by atoms with van der Waals surface area (Å²) in [5.74, 6) is 0.620. The molecule has 148 valence electrons. The third-order valence-corrected chi connectivity index (χ3v) is 5.26. The average Bonchev–Trinajstić information content (AvgIpc) is 2.67. The van der Waals surface area contributed by atoms with Gasteiger partial charge >= 0.3 is 0 Å². The molecule has 0 unspecified atom stereocenters. The van der Waals surface area contributed by atoms with E-state index in [-0.39, 0.29) is 17.2 Å². The molecule has 1 amide bonds. The smallest absolute Gasteiger partial charge is 0.293 e. The minimum absolute atomic E-state index is 0.0183. The Labute approximate surface area is 165 Å². The van der Waals surface area contributed by atoms with E-state index in [0.717, 1.165) is 25.9 Å². The lowest BCUT2D eigenvalue weighted by Crippen LogP contribution is -2.39. The van der Waals surface area contributed by atoms with Gasteiger partial charge in [-0.25, -0.2) is 0 Å². The number of piperidine rings is 1. The third-order valence-electron chi connectivity index (χ3n) is 5.26. The van der Waals surface area contributed by atoms with Crippen molar-refractivity contribution in [3.8, 4) is 0 Å². The number of carbonyl (C=O) groups excluding carboxylic acids is 1. The second-order valence-electron chi connectivity index (χ2n) is 7.82. The normalized spacial score (nSPS) is 19.3. The standard InChI is InChI=1S/C22H27N3O3/c1-4-17-5-8-19(9-6-17)23-22(26)18-7-10-20(21(12-18)25(27)28)24-13-15(2)11-16(3)14-24/h5-10,12,15-16H,4,11,13-14H2,1-3H3,(H,23,26)/t15-,16-/m1/s1. The van der Waals surface area contributed by atoms with E-state index in [2.05, 4.69) is 31.0 Å². The van der Waals surface area contributed by atoms with E-state index >= 15 is 0 Å². The first-order valence-electron chi connectivity index (χ1n) is 9.81. The van der Waals surface area contributed by atoms with Gasteiger partial charge in [-0.3, -0.25) is 14.9 Å². The number of anilines is 2. The number of hydrogen-bond donors (Lipinski definition) is 1. The van der Waals surface area contributed by atoms with Crippen LogP contribution in [0.5, 0.6) is 0 Å². The molecule has 0 spiro atoms. The largest absolute Gasteiger partial charge is 0.365 e. The number of hydrogen-bond acceptors (Lipinski definition) is 4. The molecule has 0 saturated carbocycles. The monoisotopic (exact) mass is 381 g/mol. The molecule has 0 aromatic heterocycles. The second kappa shape index (κ2) is 8.42. The maximum absolute atomic E-state index is 12.6. The van der Waals surface area contributed by atoms with E-state index in [1.807, 2.05) is 24.3 Å². The molecule has 6 heteroatoms. The fraction of sp³-hybridized carbons (Fsp3) is 0.409. The fourth-order valence-corrected chi connectivity index (χ4v) is 3.96. The number of nitro benzene ring substituents is 1. The highest BCUT2D eigenvalue weighted by Crippen LogP contribution is 2.34. The van der Waals surface area contributed by atoms with Crippen LogP contribution < -0.4 is 10.2 Å². The zero-order valence-corrected chi connectivity index (χ0v) is 16.6. The highest BCUT2D eigenvalue weighted by atomic mass is 16.6. The Hall–Kier alpha value is -2.89. The van der Waals surface area contributed by atoms with Crippen LogP contribution in [0.15, 0.2) is 42.5 Å². The minimum Gasteiger partial charge on any atom is -0.365 e. The van der Waals surface area contributed by atoms with Gasteiger partial charge in [-0.15, -0.1) is 0 Å². The summed E-state index contributed by atoms with van der Waals surface area (Å²) in [6.07, 6.45) is 2.05. The Morgan fingerprint density at radius 3 is 2.36 bits per heavy atom. The molecule has 2 aromatic rings. The Kier molecular flexibility index (Phi) is 5.97. The molecule has 0 radical (unpaired) electrons. The summed E-state index contributed by atoms with van der Waals surface area (Å²) >= 11 is 0. The molecule has 1 aliphatic heterocycles. The van der Waals surface area contributed by atoms with Gasteiger partial charge in [0.1, 0.15) is 5.69 Å². The maximum Gasteiger partial charge on any atom is 0.293 e. The van der Waals surface area contributed by atoms with Crippen LogP contribution in [-0.2, 0) is 6.42 Å². The molecule has 1 aliphatic rings. The molecule has 28 heavy (non-hydrogen) atoms. The summed E-state index contributed by atoms with van der Waals surface area (Å²) in [6.45, 7) is 7.99. The average molecular weight is 381 g/mol. The van der Waals surface area contributed by atoms with Gasteiger partial charge in [-0.05, 0) is 54.5 Å². The van der Waals surface area contributed by atoms with Crippen LogP contribution in [0.1, 0.15) is 43.1 Å². The predicted molar refractivity (Wildman–Crippen MR) is 112 cm³/mol. The molecule has 0 aliphatic carbocycles. The Morgan fingerprint density at radius 2 is 1.79 bits per heavy atom. The van der Waals surface area contributed by atoms with Gasteiger partial charge in [-0.1, -0.05) is 32.9 Å². The van der Waals surface area contributed by atoms with Crippen LogP contribution in [0.4, 0.5) is 17.1 Å². The number of amides is 1. The van der Waals surface area contributed by atoms with E-state index in [4.69, 9.17) is 0 Å². The molecular weight excluding hydrogens is 354 g/mol. The summed E-state index contributed by atoms with van der Waals surface area (Å²) in [4.78, 5) is 25.9. The zero-order chi connectivity index (χ0) is 20.3. The molecular formula is C22H27N3O3. The lowest BCUT2D eigenvalue weighted by molar-refractivity contribution is -0.384. The molecule has 3 rings (SSSR count). The van der Waals surface area contributed by atoms with Crippen molar-refractivity contribution >= 4 is 23.0 Å². The first-order chi connectivity index (χ1) is 13.4. The van der Waals surface area contributed by atoms with Gasteiger partial charge in [0.05, 0.1) is 4.92 Å². The zero-order valence-electron chi connectivity index (χ0n) is 16.6.